The molecule has 1 aromatic rings. The molecule has 0 saturated heterocycles. The van der Waals surface area contributed by atoms with Crippen LogP contribution in [-0.2, 0) is 0 Å². The first-order valence-corrected chi connectivity index (χ1v) is 3.91. The maximum Gasteiger partial charge on any atom is 0.324 e. The lowest BCUT2D eigenvalue weighted by molar-refractivity contribution is -0.117. The van der Waals surface area contributed by atoms with Crippen LogP contribution in [0.4, 0.5) is 29.2 Å². The maximum absolute atomic E-state index is 12.4. The topological polar surface area (TPSA) is 63.8 Å². The summed E-state index contributed by atoms with van der Waals surface area (Å²) in [6.45, 7) is -1.21. The van der Waals surface area contributed by atoms with Gasteiger partial charge in [0.25, 0.3) is 0 Å². The van der Waals surface area contributed by atoms with Gasteiger partial charge < -0.3 is 11.1 Å². The van der Waals surface area contributed by atoms with E-state index in [2.05, 4.69) is 10.2 Å². The molecule has 0 saturated carbocycles. The first-order chi connectivity index (χ1) is 6.92. The molecule has 0 unspecified atom stereocenters. The van der Waals surface area contributed by atoms with E-state index in [1.165, 1.54) is 12.1 Å². The molecule has 15 heavy (non-hydrogen) atoms. The van der Waals surface area contributed by atoms with Gasteiger partial charge in [-0.3, -0.25) is 0 Å². The number of halogens is 4. The van der Waals surface area contributed by atoms with Crippen LogP contribution >= 0.6 is 0 Å². The van der Waals surface area contributed by atoms with Gasteiger partial charge in [0.1, 0.15) is 11.6 Å². The van der Waals surface area contributed by atoms with Gasteiger partial charge in [0.2, 0.25) is 0 Å². The van der Waals surface area contributed by atoms with Gasteiger partial charge in [-0.25, -0.2) is 8.78 Å². The molecule has 0 atom stereocenters. The van der Waals surface area contributed by atoms with Gasteiger partial charge in [-0.1, -0.05) is 0 Å². The Kier molecular flexibility index (Phi) is 3.28. The van der Waals surface area contributed by atoms with Crippen molar-refractivity contribution >= 4 is 11.6 Å². The number of hydrogen-bond acceptors (Lipinski definition) is 4. The quantitative estimate of drug-likeness (QED) is 0.758. The van der Waals surface area contributed by atoms with Crippen LogP contribution in [0.25, 0.3) is 0 Å². The van der Waals surface area contributed by atoms with Gasteiger partial charge in [-0.2, -0.15) is 8.78 Å². The van der Waals surface area contributed by atoms with E-state index in [1.807, 2.05) is 5.32 Å². The van der Waals surface area contributed by atoms with Gasteiger partial charge >= 0.3 is 12.3 Å². The summed E-state index contributed by atoms with van der Waals surface area (Å²) in [7, 11) is 0. The maximum atomic E-state index is 12.4. The van der Waals surface area contributed by atoms with E-state index < -0.39 is 18.9 Å². The Balaban J connectivity index is 2.54. The number of rotatable bonds is 4. The zero-order valence-corrected chi connectivity index (χ0v) is 7.42. The lowest BCUT2D eigenvalue weighted by Crippen LogP contribution is -2.35. The van der Waals surface area contributed by atoms with E-state index in [9.17, 15) is 17.6 Å². The fraction of sp³-hybridized carbons (Fsp3) is 0.429. The fourth-order valence-corrected chi connectivity index (χ4v) is 0.722. The molecule has 4 nitrogen and oxygen atoms in total. The van der Waals surface area contributed by atoms with Crippen molar-refractivity contribution in [2.24, 2.45) is 0 Å². The Morgan fingerprint density at radius 2 is 2.00 bits per heavy atom. The Morgan fingerprint density at radius 3 is 2.47 bits per heavy atom. The minimum absolute atomic E-state index is 0.0375. The SMILES string of the molecule is Nc1ccc(NCC(F)(F)C(F)F)nn1. The van der Waals surface area contributed by atoms with E-state index in [4.69, 9.17) is 5.73 Å². The van der Waals surface area contributed by atoms with E-state index in [1.54, 1.807) is 0 Å². The molecule has 0 spiro atoms. The molecule has 0 radical (unpaired) electrons. The highest BCUT2D eigenvalue weighted by Gasteiger charge is 2.40. The summed E-state index contributed by atoms with van der Waals surface area (Å²) in [5.74, 6) is -4.02. The summed E-state index contributed by atoms with van der Waals surface area (Å²) in [5, 5.41) is 8.77. The molecule has 0 aliphatic carbocycles. The van der Waals surface area contributed by atoms with Crippen LogP contribution in [0, 0.1) is 0 Å². The van der Waals surface area contributed by atoms with Crippen LogP contribution in [0.2, 0.25) is 0 Å². The van der Waals surface area contributed by atoms with E-state index >= 15 is 0 Å². The second-order valence-corrected chi connectivity index (χ2v) is 2.76. The van der Waals surface area contributed by atoms with Gasteiger partial charge in [0, 0.05) is 0 Å². The molecule has 3 N–H and O–H groups in total. The number of nitrogens with zero attached hydrogens (tertiary/aromatic N) is 2. The molecule has 1 aromatic heterocycles. The fourth-order valence-electron chi connectivity index (χ4n) is 0.722. The second kappa shape index (κ2) is 4.28. The van der Waals surface area contributed by atoms with Crippen LogP contribution in [0.15, 0.2) is 12.1 Å². The molecule has 0 bridgehead atoms. The van der Waals surface area contributed by atoms with Crippen molar-refractivity contribution in [2.45, 2.75) is 12.3 Å². The molecule has 8 heteroatoms. The largest absolute Gasteiger partial charge is 0.382 e. The minimum Gasteiger partial charge on any atom is -0.382 e. The number of alkyl halides is 4. The average Bonchev–Trinajstić information content (AvgIpc) is 2.17. The van der Waals surface area contributed by atoms with Crippen molar-refractivity contribution < 1.29 is 17.6 Å². The first kappa shape index (κ1) is 11.5. The molecular formula is C7H8F4N4. The Hall–Kier alpha value is -1.60. The third kappa shape index (κ3) is 3.22. The molecular weight excluding hydrogens is 216 g/mol. The van der Waals surface area contributed by atoms with E-state index in [0.29, 0.717) is 0 Å². The third-order valence-corrected chi connectivity index (χ3v) is 1.51. The highest BCUT2D eigenvalue weighted by molar-refractivity contribution is 5.38. The summed E-state index contributed by atoms with van der Waals surface area (Å²) in [6, 6.07) is 2.58. The molecule has 1 rings (SSSR count). The van der Waals surface area contributed by atoms with Gasteiger partial charge in [-0.05, 0) is 12.1 Å². The van der Waals surface area contributed by atoms with Crippen molar-refractivity contribution in [3.8, 4) is 0 Å². The first-order valence-electron chi connectivity index (χ1n) is 3.91. The normalized spacial score (nSPS) is 11.8. The number of nitrogens with one attached hydrogen (secondary N) is 1. The number of hydrogen-bond donors (Lipinski definition) is 2. The molecule has 0 amide bonds. The summed E-state index contributed by atoms with van der Waals surface area (Å²) >= 11 is 0. The molecule has 0 aromatic carbocycles. The Labute approximate surface area is 82.5 Å². The lowest BCUT2D eigenvalue weighted by Gasteiger charge is -2.15. The Morgan fingerprint density at radius 1 is 1.33 bits per heavy atom. The average molecular weight is 224 g/mol. The standard InChI is InChI=1S/C7H8F4N4/c8-6(9)7(10,11)3-13-5-2-1-4(12)14-15-5/h1-2,6H,3H2,(H2,12,14)(H,13,15). The number of nitrogens with two attached hydrogens (primary N) is 1. The summed E-state index contributed by atoms with van der Waals surface area (Å²) in [5.41, 5.74) is 5.19. The van der Waals surface area contributed by atoms with Crippen LogP contribution in [0.3, 0.4) is 0 Å². The van der Waals surface area contributed by atoms with Crippen molar-refractivity contribution in [1.82, 2.24) is 10.2 Å². The van der Waals surface area contributed by atoms with Crippen LogP contribution in [0.1, 0.15) is 0 Å². The van der Waals surface area contributed by atoms with Gasteiger partial charge in [0.15, 0.2) is 0 Å². The van der Waals surface area contributed by atoms with Gasteiger partial charge in [-0.15, -0.1) is 10.2 Å². The van der Waals surface area contributed by atoms with E-state index in [0.717, 1.165) is 0 Å². The summed E-state index contributed by atoms with van der Waals surface area (Å²) in [4.78, 5) is 0. The van der Waals surface area contributed by atoms with Crippen LogP contribution in [-0.4, -0.2) is 29.1 Å². The summed E-state index contributed by atoms with van der Waals surface area (Å²) < 4.78 is 48.3. The predicted octanol–water partition coefficient (Wildman–Crippen LogP) is 1.37. The minimum atomic E-state index is -4.09. The van der Waals surface area contributed by atoms with Gasteiger partial charge in [0.05, 0.1) is 6.54 Å². The third-order valence-electron chi connectivity index (χ3n) is 1.51. The molecule has 84 valence electrons. The number of aromatic nitrogens is 2. The lowest BCUT2D eigenvalue weighted by atomic mass is 10.3. The molecule has 0 aliphatic heterocycles. The number of nitrogen functional groups attached to an aromatic ring is 1. The summed E-state index contributed by atoms with van der Waals surface area (Å²) in [6.07, 6.45) is -3.72. The smallest absolute Gasteiger partial charge is 0.324 e. The monoisotopic (exact) mass is 224 g/mol. The molecule has 0 fully saturated rings. The highest BCUT2D eigenvalue weighted by atomic mass is 19.3. The Bertz CT molecular complexity index is 313. The van der Waals surface area contributed by atoms with Crippen molar-refractivity contribution in [3.63, 3.8) is 0 Å². The molecule has 1 heterocycles. The van der Waals surface area contributed by atoms with Crippen LogP contribution < -0.4 is 11.1 Å². The van der Waals surface area contributed by atoms with E-state index in [-0.39, 0.29) is 11.6 Å². The predicted molar refractivity (Wildman–Crippen MR) is 45.9 cm³/mol. The highest BCUT2D eigenvalue weighted by Crippen LogP contribution is 2.22. The zero-order valence-electron chi connectivity index (χ0n) is 7.42. The van der Waals surface area contributed by atoms with Crippen LogP contribution in [0.5, 0.6) is 0 Å². The van der Waals surface area contributed by atoms with Crippen molar-refractivity contribution in [2.75, 3.05) is 17.6 Å². The zero-order chi connectivity index (χ0) is 11.5. The number of anilines is 2. The molecule has 0 aliphatic rings. The van der Waals surface area contributed by atoms with Crippen molar-refractivity contribution in [1.29, 1.82) is 0 Å². The van der Waals surface area contributed by atoms with Crippen molar-refractivity contribution in [3.05, 3.63) is 12.1 Å². The second-order valence-electron chi connectivity index (χ2n) is 2.76.